The molecule has 2 N–H and O–H groups in total. The number of nitro groups is 1. The van der Waals surface area contributed by atoms with E-state index in [1.54, 1.807) is 10.3 Å². The van der Waals surface area contributed by atoms with Crippen LogP contribution in [-0.2, 0) is 0 Å². The van der Waals surface area contributed by atoms with Crippen molar-refractivity contribution in [3.05, 3.63) is 27.1 Å². The van der Waals surface area contributed by atoms with E-state index in [1.807, 2.05) is 6.92 Å². The van der Waals surface area contributed by atoms with Gasteiger partial charge < -0.3 is 10.6 Å². The van der Waals surface area contributed by atoms with Crippen LogP contribution in [0.2, 0.25) is 0 Å². The Hall–Kier alpha value is -1.47. The van der Waals surface area contributed by atoms with Crippen LogP contribution in [0.3, 0.4) is 0 Å². The average Bonchev–Trinajstić information content (AvgIpc) is 2.97. The van der Waals surface area contributed by atoms with Gasteiger partial charge in [-0.1, -0.05) is 11.3 Å². The lowest BCUT2D eigenvalue weighted by Crippen LogP contribution is -2.32. The number of hydrogen-bond donors (Lipinski definition) is 1. The average molecular weight is 269 g/mol. The van der Waals surface area contributed by atoms with Gasteiger partial charge in [-0.3, -0.25) is 14.9 Å². The van der Waals surface area contributed by atoms with E-state index in [0.717, 1.165) is 17.8 Å². The Bertz CT molecular complexity index is 472. The first-order valence-electron chi connectivity index (χ1n) is 5.77. The number of likely N-dealkylation sites (tertiary alicyclic amines) is 1. The highest BCUT2D eigenvalue weighted by atomic mass is 32.1. The summed E-state index contributed by atoms with van der Waals surface area (Å²) < 4.78 is 0. The molecule has 2 unspecified atom stereocenters. The topological polar surface area (TPSA) is 89.5 Å². The van der Waals surface area contributed by atoms with E-state index in [-0.39, 0.29) is 17.0 Å². The number of nitrogens with two attached hydrogens (primary N) is 1. The molecule has 1 aromatic rings. The van der Waals surface area contributed by atoms with Crippen molar-refractivity contribution in [1.29, 1.82) is 0 Å². The minimum atomic E-state index is -0.476. The summed E-state index contributed by atoms with van der Waals surface area (Å²) in [6.07, 6.45) is 0.898. The zero-order valence-electron chi connectivity index (χ0n) is 10.0. The molecular weight excluding hydrogens is 254 g/mol. The third-order valence-corrected chi connectivity index (χ3v) is 4.15. The van der Waals surface area contributed by atoms with Gasteiger partial charge in [0.25, 0.3) is 5.91 Å². The van der Waals surface area contributed by atoms with Crippen molar-refractivity contribution < 1.29 is 9.72 Å². The van der Waals surface area contributed by atoms with Crippen molar-refractivity contribution in [2.24, 2.45) is 11.7 Å². The molecule has 1 fully saturated rings. The number of hydrogen-bond acceptors (Lipinski definition) is 5. The second kappa shape index (κ2) is 5.03. The highest BCUT2D eigenvalue weighted by Crippen LogP contribution is 2.26. The SMILES string of the molecule is CC(N)C1CCN(C(=O)c2csc([N+](=O)[O-])c2)C1. The quantitative estimate of drug-likeness (QED) is 0.664. The Balaban J connectivity index is 2.05. The van der Waals surface area contributed by atoms with Gasteiger partial charge in [-0.25, -0.2) is 0 Å². The Morgan fingerprint density at radius 1 is 1.72 bits per heavy atom. The maximum absolute atomic E-state index is 12.1. The number of nitrogens with zero attached hydrogens (tertiary/aromatic N) is 2. The summed E-state index contributed by atoms with van der Waals surface area (Å²) in [7, 11) is 0. The lowest BCUT2D eigenvalue weighted by Gasteiger charge is -2.17. The molecule has 1 aliphatic rings. The van der Waals surface area contributed by atoms with Gasteiger partial charge >= 0.3 is 5.00 Å². The summed E-state index contributed by atoms with van der Waals surface area (Å²) in [5, 5.41) is 12.1. The van der Waals surface area contributed by atoms with Gasteiger partial charge in [0.1, 0.15) is 0 Å². The minimum Gasteiger partial charge on any atom is -0.338 e. The zero-order valence-corrected chi connectivity index (χ0v) is 10.9. The third-order valence-electron chi connectivity index (χ3n) is 3.27. The third kappa shape index (κ3) is 2.51. The molecule has 1 amide bonds. The molecule has 2 rings (SSSR count). The molecule has 0 bridgehead atoms. The molecule has 0 radical (unpaired) electrons. The van der Waals surface area contributed by atoms with Crippen molar-refractivity contribution in [3.8, 4) is 0 Å². The van der Waals surface area contributed by atoms with Gasteiger partial charge in [0.2, 0.25) is 0 Å². The summed E-state index contributed by atoms with van der Waals surface area (Å²) in [5.41, 5.74) is 6.22. The van der Waals surface area contributed by atoms with Crippen LogP contribution in [0, 0.1) is 16.0 Å². The van der Waals surface area contributed by atoms with Gasteiger partial charge in [-0.2, -0.15) is 0 Å². The lowest BCUT2D eigenvalue weighted by atomic mass is 10.0. The van der Waals surface area contributed by atoms with E-state index in [1.165, 1.54) is 6.07 Å². The van der Waals surface area contributed by atoms with E-state index in [0.29, 0.717) is 24.6 Å². The largest absolute Gasteiger partial charge is 0.338 e. The van der Waals surface area contributed by atoms with Crippen LogP contribution in [0.4, 0.5) is 5.00 Å². The van der Waals surface area contributed by atoms with Gasteiger partial charge in [0.05, 0.1) is 10.5 Å². The predicted octanol–water partition coefficient (Wildman–Crippen LogP) is 1.47. The monoisotopic (exact) mass is 269 g/mol. The highest BCUT2D eigenvalue weighted by Gasteiger charge is 2.29. The Kier molecular flexibility index (Phi) is 3.63. The fraction of sp³-hybridized carbons (Fsp3) is 0.545. The lowest BCUT2D eigenvalue weighted by molar-refractivity contribution is -0.380. The molecule has 0 spiro atoms. The molecule has 1 saturated heterocycles. The molecular formula is C11H15N3O3S. The van der Waals surface area contributed by atoms with E-state index < -0.39 is 4.92 Å². The smallest absolute Gasteiger partial charge is 0.324 e. The molecule has 2 heterocycles. The first-order valence-corrected chi connectivity index (χ1v) is 6.64. The molecule has 6 nitrogen and oxygen atoms in total. The van der Waals surface area contributed by atoms with Crippen LogP contribution >= 0.6 is 11.3 Å². The Morgan fingerprint density at radius 3 is 2.94 bits per heavy atom. The molecule has 1 aromatic heterocycles. The van der Waals surface area contributed by atoms with Crippen molar-refractivity contribution in [3.63, 3.8) is 0 Å². The van der Waals surface area contributed by atoms with Crippen LogP contribution in [0.5, 0.6) is 0 Å². The van der Waals surface area contributed by atoms with Crippen LogP contribution < -0.4 is 5.73 Å². The number of amides is 1. The van der Waals surface area contributed by atoms with E-state index >= 15 is 0 Å². The predicted molar refractivity (Wildman–Crippen MR) is 68.6 cm³/mol. The first-order chi connectivity index (χ1) is 8.49. The van der Waals surface area contributed by atoms with E-state index in [2.05, 4.69) is 0 Å². The summed E-state index contributed by atoms with van der Waals surface area (Å²) in [6.45, 7) is 3.25. The minimum absolute atomic E-state index is 0.00119. The summed E-state index contributed by atoms with van der Waals surface area (Å²) in [6, 6.07) is 1.41. The first kappa shape index (κ1) is 13.0. The number of carbonyl (C=O) groups is 1. The van der Waals surface area contributed by atoms with Crippen LogP contribution in [0.25, 0.3) is 0 Å². The fourth-order valence-electron chi connectivity index (χ4n) is 2.12. The summed E-state index contributed by atoms with van der Waals surface area (Å²) in [5.74, 6) is 0.185. The van der Waals surface area contributed by atoms with Crippen molar-refractivity contribution >= 4 is 22.2 Å². The Morgan fingerprint density at radius 2 is 2.44 bits per heavy atom. The van der Waals surface area contributed by atoms with Crippen LogP contribution in [-0.4, -0.2) is 34.9 Å². The van der Waals surface area contributed by atoms with Gasteiger partial charge in [-0.05, 0) is 19.3 Å². The normalized spacial score (nSPS) is 21.0. The molecule has 0 aromatic carbocycles. The van der Waals surface area contributed by atoms with E-state index in [4.69, 9.17) is 5.73 Å². The second-order valence-electron chi connectivity index (χ2n) is 4.59. The molecule has 7 heteroatoms. The van der Waals surface area contributed by atoms with Crippen molar-refractivity contribution in [2.75, 3.05) is 13.1 Å². The van der Waals surface area contributed by atoms with Gasteiger partial charge in [-0.15, -0.1) is 0 Å². The van der Waals surface area contributed by atoms with Gasteiger partial charge in [0.15, 0.2) is 0 Å². The zero-order chi connectivity index (χ0) is 13.3. The maximum Gasteiger partial charge on any atom is 0.324 e. The number of thiophene rings is 1. The highest BCUT2D eigenvalue weighted by molar-refractivity contribution is 7.13. The Labute approximate surface area is 109 Å². The molecule has 1 aliphatic heterocycles. The fourth-order valence-corrected chi connectivity index (χ4v) is 2.81. The van der Waals surface area contributed by atoms with Crippen molar-refractivity contribution in [2.45, 2.75) is 19.4 Å². The molecule has 98 valence electrons. The molecule has 0 saturated carbocycles. The maximum atomic E-state index is 12.1. The summed E-state index contributed by atoms with van der Waals surface area (Å²) >= 11 is 0.981. The summed E-state index contributed by atoms with van der Waals surface area (Å²) in [4.78, 5) is 23.9. The number of rotatable bonds is 3. The number of carbonyl (C=O) groups excluding carboxylic acids is 1. The van der Waals surface area contributed by atoms with Crippen LogP contribution in [0.1, 0.15) is 23.7 Å². The van der Waals surface area contributed by atoms with E-state index in [9.17, 15) is 14.9 Å². The molecule has 0 aliphatic carbocycles. The van der Waals surface area contributed by atoms with Gasteiger partial charge in [0, 0.05) is 30.6 Å². The molecule has 18 heavy (non-hydrogen) atoms. The standard InChI is InChI=1S/C11H15N3O3S/c1-7(12)8-2-3-13(5-8)11(15)9-4-10(14(16)17)18-6-9/h4,6-8H,2-3,5,12H2,1H3. The second-order valence-corrected chi connectivity index (χ2v) is 5.48. The van der Waals surface area contributed by atoms with Crippen molar-refractivity contribution in [1.82, 2.24) is 4.90 Å². The van der Waals surface area contributed by atoms with Crippen LogP contribution in [0.15, 0.2) is 11.4 Å². The molecule has 2 atom stereocenters.